The number of hydrogen-bond donors (Lipinski definition) is 1. The van der Waals surface area contributed by atoms with E-state index in [0.29, 0.717) is 27.3 Å². The Hall–Kier alpha value is -2.38. The molecule has 1 heterocycles. The number of carbonyl (C=O) groups is 1. The second-order valence-corrected chi connectivity index (χ2v) is 7.29. The number of nitrogens with zero attached hydrogens (tertiary/aromatic N) is 3. The van der Waals surface area contributed by atoms with Gasteiger partial charge in [0, 0.05) is 7.05 Å². The van der Waals surface area contributed by atoms with Crippen molar-refractivity contribution in [2.24, 2.45) is 7.05 Å². The predicted octanol–water partition coefficient (Wildman–Crippen LogP) is 4.39. The summed E-state index contributed by atoms with van der Waals surface area (Å²) in [6, 6.07) is 13.4. The molecule has 0 spiro atoms. The summed E-state index contributed by atoms with van der Waals surface area (Å²) < 4.78 is 15.6. The second-order valence-electron chi connectivity index (χ2n) is 5.57. The summed E-state index contributed by atoms with van der Waals surface area (Å²) in [5.74, 6) is -0.174. The van der Waals surface area contributed by atoms with Crippen molar-refractivity contribution in [2.45, 2.75) is 17.3 Å². The molecule has 0 radical (unpaired) electrons. The minimum Gasteiger partial charge on any atom is -0.324 e. The van der Waals surface area contributed by atoms with E-state index in [9.17, 15) is 9.18 Å². The quantitative estimate of drug-likeness (QED) is 0.656. The van der Waals surface area contributed by atoms with E-state index in [1.165, 1.54) is 17.8 Å². The van der Waals surface area contributed by atoms with Gasteiger partial charge in [-0.25, -0.2) is 4.39 Å². The molecular formula is C18H16ClFN4OS. The minimum atomic E-state index is -0.442. The molecule has 8 heteroatoms. The van der Waals surface area contributed by atoms with E-state index in [4.69, 9.17) is 11.6 Å². The van der Waals surface area contributed by atoms with E-state index in [2.05, 4.69) is 15.5 Å². The molecule has 0 bridgehead atoms. The standard InChI is InChI=1S/C18H16ClFN4OS/c1-11(17(25)21-15-10-6-4-8-13(15)19)26-18-23-22-16(24(18)2)12-7-3-5-9-14(12)20/h3-11H,1-2H3,(H,21,25)/t11-/m1/s1. The Morgan fingerprint density at radius 3 is 2.62 bits per heavy atom. The SMILES string of the molecule is C[C@@H](Sc1nnc(-c2ccccc2F)n1C)C(=O)Nc1ccccc1Cl. The van der Waals surface area contributed by atoms with E-state index in [1.807, 2.05) is 0 Å². The first-order valence-corrected chi connectivity index (χ1v) is 9.09. The number of hydrogen-bond acceptors (Lipinski definition) is 4. The first-order valence-electron chi connectivity index (χ1n) is 7.83. The van der Waals surface area contributed by atoms with Crippen LogP contribution in [0, 0.1) is 5.82 Å². The summed E-state index contributed by atoms with van der Waals surface area (Å²) in [5.41, 5.74) is 0.916. The van der Waals surface area contributed by atoms with Crippen molar-refractivity contribution in [2.75, 3.05) is 5.32 Å². The van der Waals surface area contributed by atoms with Gasteiger partial charge in [0.2, 0.25) is 5.91 Å². The highest BCUT2D eigenvalue weighted by atomic mass is 35.5. The molecule has 1 aromatic heterocycles. The van der Waals surface area contributed by atoms with Gasteiger partial charge in [0.05, 0.1) is 21.5 Å². The molecule has 0 aliphatic rings. The van der Waals surface area contributed by atoms with Gasteiger partial charge in [0.1, 0.15) is 5.82 Å². The van der Waals surface area contributed by atoms with Crippen molar-refractivity contribution in [1.82, 2.24) is 14.8 Å². The normalized spacial score (nSPS) is 12.0. The lowest BCUT2D eigenvalue weighted by molar-refractivity contribution is -0.115. The molecule has 0 unspecified atom stereocenters. The van der Waals surface area contributed by atoms with Gasteiger partial charge in [0.25, 0.3) is 0 Å². The zero-order valence-electron chi connectivity index (χ0n) is 14.1. The molecule has 0 aliphatic carbocycles. The summed E-state index contributed by atoms with van der Waals surface area (Å²) in [4.78, 5) is 12.4. The third-order valence-electron chi connectivity index (χ3n) is 3.73. The van der Waals surface area contributed by atoms with Crippen molar-refractivity contribution >= 4 is 35.0 Å². The molecule has 3 aromatic rings. The maximum absolute atomic E-state index is 14.0. The van der Waals surface area contributed by atoms with Crippen LogP contribution in [-0.4, -0.2) is 25.9 Å². The number of thioether (sulfide) groups is 1. The summed E-state index contributed by atoms with van der Waals surface area (Å²) >= 11 is 7.30. The van der Waals surface area contributed by atoms with Gasteiger partial charge in [-0.2, -0.15) is 0 Å². The van der Waals surface area contributed by atoms with Gasteiger partial charge < -0.3 is 9.88 Å². The maximum Gasteiger partial charge on any atom is 0.237 e. The number of benzene rings is 2. The molecule has 1 atom stereocenters. The lowest BCUT2D eigenvalue weighted by Crippen LogP contribution is -2.23. The summed E-state index contributed by atoms with van der Waals surface area (Å²) in [6.45, 7) is 1.76. The van der Waals surface area contributed by atoms with Crippen LogP contribution in [0.15, 0.2) is 53.7 Å². The average Bonchev–Trinajstić information content (AvgIpc) is 2.98. The van der Waals surface area contributed by atoms with Crippen molar-refractivity contribution in [1.29, 1.82) is 0 Å². The number of aromatic nitrogens is 3. The lowest BCUT2D eigenvalue weighted by Gasteiger charge is -2.12. The number of halogens is 2. The van der Waals surface area contributed by atoms with E-state index in [-0.39, 0.29) is 11.7 Å². The molecule has 134 valence electrons. The van der Waals surface area contributed by atoms with E-state index >= 15 is 0 Å². The Bertz CT molecular complexity index is 946. The number of para-hydroxylation sites is 1. The molecule has 1 amide bonds. The second kappa shape index (κ2) is 7.88. The van der Waals surface area contributed by atoms with Gasteiger partial charge in [-0.05, 0) is 31.2 Å². The Morgan fingerprint density at radius 2 is 1.88 bits per heavy atom. The molecule has 0 saturated carbocycles. The van der Waals surface area contributed by atoms with Gasteiger partial charge >= 0.3 is 0 Å². The maximum atomic E-state index is 14.0. The third kappa shape index (κ3) is 3.89. The van der Waals surface area contributed by atoms with Gasteiger partial charge in [0.15, 0.2) is 11.0 Å². The average molecular weight is 391 g/mol. The molecule has 26 heavy (non-hydrogen) atoms. The Kier molecular flexibility index (Phi) is 5.58. The van der Waals surface area contributed by atoms with Crippen LogP contribution in [0.1, 0.15) is 6.92 Å². The zero-order valence-corrected chi connectivity index (χ0v) is 15.7. The lowest BCUT2D eigenvalue weighted by atomic mass is 10.2. The third-order valence-corrected chi connectivity index (χ3v) is 5.20. The van der Waals surface area contributed by atoms with Gasteiger partial charge in [-0.3, -0.25) is 4.79 Å². The van der Waals surface area contributed by atoms with E-state index in [1.54, 1.807) is 61.0 Å². The zero-order chi connectivity index (χ0) is 18.7. The van der Waals surface area contributed by atoms with Crippen LogP contribution >= 0.6 is 23.4 Å². The molecule has 3 rings (SSSR count). The Morgan fingerprint density at radius 1 is 1.19 bits per heavy atom. The molecular weight excluding hydrogens is 375 g/mol. The van der Waals surface area contributed by atoms with Crippen LogP contribution < -0.4 is 5.32 Å². The van der Waals surface area contributed by atoms with E-state index in [0.717, 1.165) is 0 Å². The van der Waals surface area contributed by atoms with Crippen molar-refractivity contribution in [3.05, 3.63) is 59.4 Å². The number of amides is 1. The van der Waals surface area contributed by atoms with Crippen LogP contribution in [0.5, 0.6) is 0 Å². The van der Waals surface area contributed by atoms with Crippen molar-refractivity contribution < 1.29 is 9.18 Å². The van der Waals surface area contributed by atoms with E-state index < -0.39 is 5.25 Å². The van der Waals surface area contributed by atoms with Crippen LogP contribution in [0.2, 0.25) is 5.02 Å². The summed E-state index contributed by atoms with van der Waals surface area (Å²) in [5, 5.41) is 11.5. The fourth-order valence-corrected chi connectivity index (χ4v) is 3.30. The number of rotatable bonds is 5. The van der Waals surface area contributed by atoms with Gasteiger partial charge in [-0.1, -0.05) is 47.6 Å². The summed E-state index contributed by atoms with van der Waals surface area (Å²) in [6.07, 6.45) is 0. The monoisotopic (exact) mass is 390 g/mol. The fourth-order valence-electron chi connectivity index (χ4n) is 2.30. The topological polar surface area (TPSA) is 59.8 Å². The number of carbonyl (C=O) groups excluding carboxylic acids is 1. The minimum absolute atomic E-state index is 0.210. The fraction of sp³-hybridized carbons (Fsp3) is 0.167. The largest absolute Gasteiger partial charge is 0.324 e. The smallest absolute Gasteiger partial charge is 0.237 e. The molecule has 0 saturated heterocycles. The molecule has 0 fully saturated rings. The number of nitrogens with one attached hydrogen (secondary N) is 1. The molecule has 2 aromatic carbocycles. The highest BCUT2D eigenvalue weighted by Crippen LogP contribution is 2.28. The molecule has 5 nitrogen and oxygen atoms in total. The molecule has 0 aliphatic heterocycles. The van der Waals surface area contributed by atoms with Crippen LogP contribution in [0.3, 0.4) is 0 Å². The Balaban J connectivity index is 1.74. The first kappa shape index (κ1) is 18.4. The highest BCUT2D eigenvalue weighted by Gasteiger charge is 2.21. The van der Waals surface area contributed by atoms with Crippen LogP contribution in [-0.2, 0) is 11.8 Å². The van der Waals surface area contributed by atoms with Crippen LogP contribution in [0.25, 0.3) is 11.4 Å². The first-order chi connectivity index (χ1) is 12.5. The van der Waals surface area contributed by atoms with Crippen molar-refractivity contribution in [3.63, 3.8) is 0 Å². The highest BCUT2D eigenvalue weighted by molar-refractivity contribution is 8.00. The Labute approximate surface area is 159 Å². The predicted molar refractivity (Wildman–Crippen MR) is 102 cm³/mol. The molecule has 1 N–H and O–H groups in total. The number of anilines is 1. The summed E-state index contributed by atoms with van der Waals surface area (Å²) in [7, 11) is 1.74. The van der Waals surface area contributed by atoms with Gasteiger partial charge in [-0.15, -0.1) is 10.2 Å². The van der Waals surface area contributed by atoms with Crippen molar-refractivity contribution in [3.8, 4) is 11.4 Å². The van der Waals surface area contributed by atoms with Crippen LogP contribution in [0.4, 0.5) is 10.1 Å².